The molecule has 1 aromatic rings. The van der Waals surface area contributed by atoms with Crippen LogP contribution in [0.5, 0.6) is 0 Å². The Labute approximate surface area is 100 Å². The number of carboxylic acid groups (broad SMARTS) is 1. The van der Waals surface area contributed by atoms with Crippen LogP contribution < -0.4 is 0 Å². The maximum atomic E-state index is 12.6. The van der Waals surface area contributed by atoms with Crippen molar-refractivity contribution in [3.8, 4) is 0 Å². The topological polar surface area (TPSA) is 98.3 Å². The Kier molecular flexibility index (Phi) is 3.94. The number of carboxylic acids is 1. The molecule has 1 aromatic heterocycles. The Bertz CT molecular complexity index is 486. The van der Waals surface area contributed by atoms with Gasteiger partial charge in [-0.2, -0.15) is 5.10 Å². The van der Waals surface area contributed by atoms with Crippen LogP contribution in [-0.4, -0.2) is 25.8 Å². The zero-order valence-electron chi connectivity index (χ0n) is 9.63. The number of alkyl halides is 2. The average Bonchev–Trinajstić information content (AvgIpc) is 2.57. The second-order valence-corrected chi connectivity index (χ2v) is 3.58. The molecule has 0 saturated heterocycles. The molecular weight excluding hydrogens is 252 g/mol. The van der Waals surface area contributed by atoms with Gasteiger partial charge in [0.1, 0.15) is 11.7 Å². The van der Waals surface area contributed by atoms with Crippen LogP contribution in [0.2, 0.25) is 0 Å². The fraction of sp³-hybridized carbons (Fsp3) is 0.556. The molecule has 9 heteroatoms. The van der Waals surface area contributed by atoms with Crippen molar-refractivity contribution < 1.29 is 23.6 Å². The van der Waals surface area contributed by atoms with Crippen LogP contribution in [0.4, 0.5) is 14.5 Å². The van der Waals surface area contributed by atoms with Crippen LogP contribution in [0, 0.1) is 17.0 Å². The highest BCUT2D eigenvalue weighted by Crippen LogP contribution is 2.32. The summed E-state index contributed by atoms with van der Waals surface area (Å²) in [7, 11) is 0. The van der Waals surface area contributed by atoms with Crippen molar-refractivity contribution in [2.75, 3.05) is 0 Å². The van der Waals surface area contributed by atoms with Crippen LogP contribution in [-0.2, 0) is 4.79 Å². The standard InChI is InChI=1S/C9H11F2N3O4/c1-3-5(9(15)16)13-4(2)7(14(17)18)6(12-13)8(10)11/h5,8H,3H2,1-2H3,(H,15,16). The molecular formula is C9H11F2N3O4. The minimum Gasteiger partial charge on any atom is -0.480 e. The number of nitrogens with zero attached hydrogens (tertiary/aromatic N) is 3. The first-order chi connectivity index (χ1) is 8.31. The molecule has 0 aliphatic carbocycles. The van der Waals surface area contributed by atoms with Gasteiger partial charge in [-0.25, -0.2) is 18.3 Å². The van der Waals surface area contributed by atoms with E-state index >= 15 is 0 Å². The van der Waals surface area contributed by atoms with Crippen LogP contribution in [0.15, 0.2) is 0 Å². The van der Waals surface area contributed by atoms with Crippen LogP contribution >= 0.6 is 0 Å². The summed E-state index contributed by atoms with van der Waals surface area (Å²) in [5.74, 6) is -1.28. The molecule has 100 valence electrons. The largest absolute Gasteiger partial charge is 0.480 e. The van der Waals surface area contributed by atoms with E-state index in [-0.39, 0.29) is 12.1 Å². The lowest BCUT2D eigenvalue weighted by Gasteiger charge is -2.11. The molecule has 0 bridgehead atoms. The number of hydrogen-bond donors (Lipinski definition) is 1. The number of rotatable bonds is 5. The average molecular weight is 263 g/mol. The molecule has 1 atom stereocenters. The summed E-state index contributed by atoms with van der Waals surface area (Å²) in [6.07, 6.45) is -3.05. The lowest BCUT2D eigenvalue weighted by molar-refractivity contribution is -0.387. The van der Waals surface area contributed by atoms with Crippen molar-refractivity contribution in [3.05, 3.63) is 21.5 Å². The van der Waals surface area contributed by atoms with E-state index in [2.05, 4.69) is 5.10 Å². The molecule has 0 amide bonds. The minimum absolute atomic E-state index is 0.0810. The molecule has 0 saturated carbocycles. The fourth-order valence-electron chi connectivity index (χ4n) is 1.66. The van der Waals surface area contributed by atoms with Gasteiger partial charge in [0, 0.05) is 0 Å². The van der Waals surface area contributed by atoms with E-state index in [0.29, 0.717) is 0 Å². The Morgan fingerprint density at radius 3 is 2.44 bits per heavy atom. The Balaban J connectivity index is 3.44. The predicted octanol–water partition coefficient (Wildman–Crippen LogP) is 2.07. The number of halogens is 2. The molecule has 0 aliphatic rings. The van der Waals surface area contributed by atoms with Gasteiger partial charge in [-0.1, -0.05) is 6.92 Å². The molecule has 1 heterocycles. The number of aliphatic carboxylic acids is 1. The third-order valence-electron chi connectivity index (χ3n) is 2.50. The molecule has 1 rings (SSSR count). The van der Waals surface area contributed by atoms with E-state index in [1.807, 2.05) is 0 Å². The molecule has 1 unspecified atom stereocenters. The number of carbonyl (C=O) groups is 1. The summed E-state index contributed by atoms with van der Waals surface area (Å²) in [5.41, 5.74) is -2.02. The summed E-state index contributed by atoms with van der Waals surface area (Å²) in [5, 5.41) is 23.0. The van der Waals surface area contributed by atoms with E-state index in [4.69, 9.17) is 5.11 Å². The van der Waals surface area contributed by atoms with Crippen molar-refractivity contribution in [1.29, 1.82) is 0 Å². The van der Waals surface area contributed by atoms with Gasteiger partial charge in [-0.05, 0) is 13.3 Å². The summed E-state index contributed by atoms with van der Waals surface area (Å²) < 4.78 is 26.0. The first kappa shape index (κ1) is 14.0. The van der Waals surface area contributed by atoms with Crippen LogP contribution in [0.25, 0.3) is 0 Å². The third-order valence-corrected chi connectivity index (χ3v) is 2.50. The van der Waals surface area contributed by atoms with Gasteiger partial charge in [-0.15, -0.1) is 0 Å². The highest BCUT2D eigenvalue weighted by molar-refractivity contribution is 5.72. The number of hydrogen-bond acceptors (Lipinski definition) is 4. The SMILES string of the molecule is CCC(C(=O)O)n1nc(C(F)F)c([N+](=O)[O-])c1C. The van der Waals surface area contributed by atoms with Gasteiger partial charge < -0.3 is 5.11 Å². The molecule has 18 heavy (non-hydrogen) atoms. The highest BCUT2D eigenvalue weighted by Gasteiger charge is 2.34. The van der Waals surface area contributed by atoms with Gasteiger partial charge in [0.25, 0.3) is 6.43 Å². The Morgan fingerprint density at radius 2 is 2.17 bits per heavy atom. The first-order valence-electron chi connectivity index (χ1n) is 5.05. The van der Waals surface area contributed by atoms with Crippen molar-refractivity contribution >= 4 is 11.7 Å². The van der Waals surface area contributed by atoms with Gasteiger partial charge in [-0.3, -0.25) is 10.1 Å². The highest BCUT2D eigenvalue weighted by atomic mass is 19.3. The van der Waals surface area contributed by atoms with E-state index < -0.39 is 34.7 Å². The van der Waals surface area contributed by atoms with Gasteiger partial charge in [0.2, 0.25) is 5.69 Å². The lowest BCUT2D eigenvalue weighted by Crippen LogP contribution is -2.20. The molecule has 1 N–H and O–H groups in total. The monoisotopic (exact) mass is 263 g/mol. The summed E-state index contributed by atoms with van der Waals surface area (Å²) in [6, 6.07) is -1.20. The molecule has 0 fully saturated rings. The van der Waals surface area contributed by atoms with Gasteiger partial charge in [0.05, 0.1) is 4.92 Å². The fourth-order valence-corrected chi connectivity index (χ4v) is 1.66. The summed E-state index contributed by atoms with van der Waals surface area (Å²) >= 11 is 0. The van der Waals surface area contributed by atoms with Crippen LogP contribution in [0.3, 0.4) is 0 Å². The number of nitro groups is 1. The van der Waals surface area contributed by atoms with Crippen molar-refractivity contribution in [2.45, 2.75) is 32.7 Å². The summed E-state index contributed by atoms with van der Waals surface area (Å²) in [4.78, 5) is 20.7. The molecule has 7 nitrogen and oxygen atoms in total. The van der Waals surface area contributed by atoms with Gasteiger partial charge in [0.15, 0.2) is 0 Å². The van der Waals surface area contributed by atoms with E-state index in [0.717, 1.165) is 4.68 Å². The van der Waals surface area contributed by atoms with Gasteiger partial charge >= 0.3 is 11.7 Å². The van der Waals surface area contributed by atoms with E-state index in [9.17, 15) is 23.7 Å². The predicted molar refractivity (Wildman–Crippen MR) is 55.5 cm³/mol. The van der Waals surface area contributed by atoms with Crippen molar-refractivity contribution in [1.82, 2.24) is 9.78 Å². The quantitative estimate of drug-likeness (QED) is 0.647. The summed E-state index contributed by atoms with van der Waals surface area (Å²) in [6.45, 7) is 2.72. The maximum Gasteiger partial charge on any atom is 0.328 e. The molecule has 0 aromatic carbocycles. The second-order valence-electron chi connectivity index (χ2n) is 3.58. The molecule has 0 aliphatic heterocycles. The van der Waals surface area contributed by atoms with Crippen molar-refractivity contribution in [3.63, 3.8) is 0 Å². The smallest absolute Gasteiger partial charge is 0.328 e. The minimum atomic E-state index is -3.13. The zero-order valence-corrected chi connectivity index (χ0v) is 9.63. The zero-order chi connectivity index (χ0) is 14.0. The third kappa shape index (κ3) is 2.29. The first-order valence-corrected chi connectivity index (χ1v) is 5.05. The molecule has 0 radical (unpaired) electrons. The maximum absolute atomic E-state index is 12.6. The van der Waals surface area contributed by atoms with Crippen LogP contribution in [0.1, 0.15) is 37.2 Å². The second kappa shape index (κ2) is 5.07. The molecule has 0 spiro atoms. The Hall–Kier alpha value is -2.06. The Morgan fingerprint density at radius 1 is 1.61 bits per heavy atom. The lowest BCUT2D eigenvalue weighted by atomic mass is 10.2. The van der Waals surface area contributed by atoms with Crippen molar-refractivity contribution in [2.24, 2.45) is 0 Å². The van der Waals surface area contributed by atoms with E-state index in [1.54, 1.807) is 0 Å². The number of aromatic nitrogens is 2. The van der Waals surface area contributed by atoms with E-state index in [1.165, 1.54) is 13.8 Å². The normalized spacial score (nSPS) is 12.7.